The van der Waals surface area contributed by atoms with Crippen molar-refractivity contribution in [3.63, 3.8) is 0 Å². The van der Waals surface area contributed by atoms with Gasteiger partial charge in [0.1, 0.15) is 0 Å². The average molecular weight is 312 g/mol. The Bertz CT molecular complexity index is 338. The Morgan fingerprint density at radius 2 is 1.94 bits per heavy atom. The van der Waals surface area contributed by atoms with E-state index in [0.717, 1.165) is 4.47 Å². The zero-order valence-electron chi connectivity index (χ0n) is 11.9. The number of nitrogens with one attached hydrogen (secondary N) is 1. The van der Waals surface area contributed by atoms with E-state index in [-0.39, 0.29) is 0 Å². The molecule has 2 heteroatoms. The number of halogens is 1. The Morgan fingerprint density at radius 1 is 1.17 bits per heavy atom. The second kappa shape index (κ2) is 8.71. The Kier molecular flexibility index (Phi) is 7.60. The number of hydrogen-bond acceptors (Lipinski definition) is 1. The highest BCUT2D eigenvalue weighted by atomic mass is 79.9. The lowest BCUT2D eigenvalue weighted by Gasteiger charge is -2.23. The predicted molar refractivity (Wildman–Crippen MR) is 83.9 cm³/mol. The van der Waals surface area contributed by atoms with Crippen LogP contribution >= 0.6 is 15.9 Å². The van der Waals surface area contributed by atoms with E-state index in [1.54, 1.807) is 0 Å². The summed E-state index contributed by atoms with van der Waals surface area (Å²) in [4.78, 5) is 0. The molecule has 1 aromatic carbocycles. The monoisotopic (exact) mass is 311 g/mol. The topological polar surface area (TPSA) is 12.0 Å². The van der Waals surface area contributed by atoms with E-state index in [4.69, 9.17) is 0 Å². The maximum absolute atomic E-state index is 3.78. The molecule has 0 amide bonds. The largest absolute Gasteiger partial charge is 0.307 e. The minimum absolute atomic E-state index is 0.427. The minimum Gasteiger partial charge on any atom is -0.307 e. The maximum atomic E-state index is 3.78. The quantitative estimate of drug-likeness (QED) is 0.672. The summed E-state index contributed by atoms with van der Waals surface area (Å²) < 4.78 is 1.16. The summed E-state index contributed by atoms with van der Waals surface area (Å²) in [6, 6.07) is 9.68. The average Bonchev–Trinajstić information content (AvgIpc) is 2.36. The zero-order valence-corrected chi connectivity index (χ0v) is 13.5. The minimum atomic E-state index is 0.427. The van der Waals surface area contributed by atoms with Gasteiger partial charge >= 0.3 is 0 Å². The van der Waals surface area contributed by atoms with Crippen molar-refractivity contribution in [3.05, 3.63) is 34.3 Å². The Labute approximate surface area is 120 Å². The molecule has 0 saturated heterocycles. The maximum Gasteiger partial charge on any atom is 0.0294 e. The van der Waals surface area contributed by atoms with Gasteiger partial charge < -0.3 is 5.32 Å². The molecular weight excluding hydrogens is 286 g/mol. The van der Waals surface area contributed by atoms with Gasteiger partial charge in [-0.05, 0) is 37.5 Å². The molecular formula is C16H26BrN. The number of benzene rings is 1. The summed E-state index contributed by atoms with van der Waals surface area (Å²) in [6.45, 7) is 6.79. The van der Waals surface area contributed by atoms with E-state index in [1.807, 2.05) is 0 Å². The zero-order chi connectivity index (χ0) is 13.4. The highest BCUT2D eigenvalue weighted by Gasteiger charge is 2.12. The van der Waals surface area contributed by atoms with E-state index >= 15 is 0 Å². The van der Waals surface area contributed by atoms with Gasteiger partial charge in [-0.25, -0.2) is 0 Å². The Balaban J connectivity index is 2.56. The van der Waals surface area contributed by atoms with Crippen LogP contribution in [0.5, 0.6) is 0 Å². The second-order valence-electron chi connectivity index (χ2n) is 5.07. The first-order chi connectivity index (χ1) is 8.67. The van der Waals surface area contributed by atoms with Gasteiger partial charge in [-0.1, -0.05) is 61.2 Å². The molecule has 0 saturated carbocycles. The van der Waals surface area contributed by atoms with Gasteiger partial charge in [-0.15, -0.1) is 0 Å². The molecule has 2 unspecified atom stereocenters. The van der Waals surface area contributed by atoms with Crippen LogP contribution in [0.15, 0.2) is 28.7 Å². The SMILES string of the molecule is CCCCC(CCC)NC(C)c1cccc(Br)c1. The van der Waals surface area contributed by atoms with Crippen LogP contribution in [-0.4, -0.2) is 6.04 Å². The van der Waals surface area contributed by atoms with Gasteiger partial charge in [-0.2, -0.15) is 0 Å². The van der Waals surface area contributed by atoms with Gasteiger partial charge in [0.2, 0.25) is 0 Å². The fourth-order valence-electron chi connectivity index (χ4n) is 2.34. The first-order valence-corrected chi connectivity index (χ1v) is 7.98. The number of unbranched alkanes of at least 4 members (excludes halogenated alkanes) is 1. The fourth-order valence-corrected chi connectivity index (χ4v) is 2.75. The standard InChI is InChI=1S/C16H26BrN/c1-4-6-11-16(8-5-2)18-13(3)14-9-7-10-15(17)12-14/h7,9-10,12-13,16,18H,4-6,8,11H2,1-3H3. The van der Waals surface area contributed by atoms with Gasteiger partial charge in [0.15, 0.2) is 0 Å². The highest BCUT2D eigenvalue weighted by Crippen LogP contribution is 2.20. The van der Waals surface area contributed by atoms with Crippen molar-refractivity contribution in [3.8, 4) is 0 Å². The molecule has 1 N–H and O–H groups in total. The molecule has 1 aromatic rings. The van der Waals surface area contributed by atoms with Gasteiger partial charge in [0.25, 0.3) is 0 Å². The van der Waals surface area contributed by atoms with E-state index in [9.17, 15) is 0 Å². The third kappa shape index (κ3) is 5.53. The Hall–Kier alpha value is -0.340. The van der Waals surface area contributed by atoms with Gasteiger partial charge in [0, 0.05) is 16.6 Å². The molecule has 0 radical (unpaired) electrons. The van der Waals surface area contributed by atoms with Crippen LogP contribution in [0, 0.1) is 0 Å². The summed E-state index contributed by atoms with van der Waals surface area (Å²) in [5.74, 6) is 0. The smallest absolute Gasteiger partial charge is 0.0294 e. The van der Waals surface area contributed by atoms with Gasteiger partial charge in [0.05, 0.1) is 0 Å². The van der Waals surface area contributed by atoms with Crippen LogP contribution in [0.3, 0.4) is 0 Å². The van der Waals surface area contributed by atoms with Crippen LogP contribution in [0.1, 0.15) is 64.5 Å². The summed E-state index contributed by atoms with van der Waals surface area (Å²) >= 11 is 3.54. The van der Waals surface area contributed by atoms with Crippen LogP contribution in [-0.2, 0) is 0 Å². The third-order valence-electron chi connectivity index (χ3n) is 3.38. The summed E-state index contributed by atoms with van der Waals surface area (Å²) in [5.41, 5.74) is 1.36. The lowest BCUT2D eigenvalue weighted by Crippen LogP contribution is -2.31. The second-order valence-corrected chi connectivity index (χ2v) is 5.99. The van der Waals surface area contributed by atoms with Crippen LogP contribution in [0.4, 0.5) is 0 Å². The molecule has 0 heterocycles. The molecule has 0 aromatic heterocycles. The first kappa shape index (κ1) is 15.7. The molecule has 0 aliphatic carbocycles. The van der Waals surface area contributed by atoms with Crippen molar-refractivity contribution < 1.29 is 0 Å². The number of rotatable bonds is 8. The van der Waals surface area contributed by atoms with Crippen LogP contribution in [0.25, 0.3) is 0 Å². The predicted octanol–water partition coefficient (Wildman–Crippen LogP) is 5.46. The molecule has 18 heavy (non-hydrogen) atoms. The Morgan fingerprint density at radius 3 is 2.56 bits per heavy atom. The molecule has 1 rings (SSSR count). The van der Waals surface area contributed by atoms with E-state index in [0.29, 0.717) is 12.1 Å². The summed E-state index contributed by atoms with van der Waals surface area (Å²) in [7, 11) is 0. The van der Waals surface area contributed by atoms with Crippen molar-refractivity contribution in [2.24, 2.45) is 0 Å². The molecule has 0 aliphatic heterocycles. The molecule has 102 valence electrons. The molecule has 1 nitrogen and oxygen atoms in total. The third-order valence-corrected chi connectivity index (χ3v) is 3.87. The van der Waals surface area contributed by atoms with E-state index in [2.05, 4.69) is 66.3 Å². The molecule has 0 fully saturated rings. The fraction of sp³-hybridized carbons (Fsp3) is 0.625. The van der Waals surface area contributed by atoms with Crippen molar-refractivity contribution in [2.45, 2.75) is 65.0 Å². The van der Waals surface area contributed by atoms with Crippen molar-refractivity contribution >= 4 is 15.9 Å². The molecule has 2 atom stereocenters. The van der Waals surface area contributed by atoms with Crippen molar-refractivity contribution in [1.82, 2.24) is 5.32 Å². The van der Waals surface area contributed by atoms with Crippen molar-refractivity contribution in [1.29, 1.82) is 0 Å². The van der Waals surface area contributed by atoms with Gasteiger partial charge in [-0.3, -0.25) is 0 Å². The van der Waals surface area contributed by atoms with E-state index < -0.39 is 0 Å². The molecule has 0 aliphatic rings. The van der Waals surface area contributed by atoms with Crippen LogP contribution in [0.2, 0.25) is 0 Å². The highest BCUT2D eigenvalue weighted by molar-refractivity contribution is 9.10. The van der Waals surface area contributed by atoms with E-state index in [1.165, 1.54) is 37.7 Å². The lowest BCUT2D eigenvalue weighted by molar-refractivity contribution is 0.396. The van der Waals surface area contributed by atoms with Crippen LogP contribution < -0.4 is 5.32 Å². The first-order valence-electron chi connectivity index (χ1n) is 7.18. The molecule has 0 bridgehead atoms. The summed E-state index contributed by atoms with van der Waals surface area (Å²) in [6.07, 6.45) is 6.43. The summed E-state index contributed by atoms with van der Waals surface area (Å²) in [5, 5.41) is 3.78. The molecule has 0 spiro atoms. The number of hydrogen-bond donors (Lipinski definition) is 1. The van der Waals surface area contributed by atoms with Crippen molar-refractivity contribution in [2.75, 3.05) is 0 Å². The lowest BCUT2D eigenvalue weighted by atomic mass is 10.0. The normalized spacial score (nSPS) is 14.4.